The standard InChI is InChI=1S/C12H17N3O4/c1-18-11(16)9-8(13)10(12(17)19-2)15(14-9)6-7-4-3-5-7/h7H,3-6,13H2,1-2H3. The lowest BCUT2D eigenvalue weighted by Gasteiger charge is -2.25. The molecule has 1 aliphatic carbocycles. The van der Waals surface area contributed by atoms with E-state index in [0.29, 0.717) is 12.5 Å². The number of aromatic nitrogens is 2. The molecule has 7 heteroatoms. The molecule has 0 radical (unpaired) electrons. The van der Waals surface area contributed by atoms with Crippen LogP contribution in [0.15, 0.2) is 0 Å². The molecule has 0 spiro atoms. The van der Waals surface area contributed by atoms with Crippen LogP contribution in [-0.2, 0) is 16.0 Å². The molecule has 0 atom stereocenters. The molecule has 1 aromatic rings. The maximum absolute atomic E-state index is 11.8. The summed E-state index contributed by atoms with van der Waals surface area (Å²) in [5, 5.41) is 4.09. The molecule has 0 unspecified atom stereocenters. The summed E-state index contributed by atoms with van der Waals surface area (Å²) in [5.41, 5.74) is 5.90. The molecule has 0 aromatic carbocycles. The highest BCUT2D eigenvalue weighted by Crippen LogP contribution is 2.29. The minimum absolute atomic E-state index is 0.0121. The normalized spacial score (nSPS) is 14.8. The van der Waals surface area contributed by atoms with Crippen molar-refractivity contribution in [3.63, 3.8) is 0 Å². The maximum Gasteiger partial charge on any atom is 0.360 e. The van der Waals surface area contributed by atoms with Crippen LogP contribution >= 0.6 is 0 Å². The van der Waals surface area contributed by atoms with Crippen LogP contribution in [0.3, 0.4) is 0 Å². The number of anilines is 1. The Morgan fingerprint density at radius 2 is 1.95 bits per heavy atom. The zero-order valence-electron chi connectivity index (χ0n) is 11.0. The molecule has 2 N–H and O–H groups in total. The highest BCUT2D eigenvalue weighted by atomic mass is 16.5. The smallest absolute Gasteiger partial charge is 0.360 e. The molecule has 0 bridgehead atoms. The summed E-state index contributed by atoms with van der Waals surface area (Å²) in [7, 11) is 2.50. The summed E-state index contributed by atoms with van der Waals surface area (Å²) in [5.74, 6) is -0.789. The largest absolute Gasteiger partial charge is 0.464 e. The molecule has 7 nitrogen and oxygen atoms in total. The van der Waals surface area contributed by atoms with Crippen molar-refractivity contribution >= 4 is 17.6 Å². The van der Waals surface area contributed by atoms with Gasteiger partial charge in [0.15, 0.2) is 11.4 Å². The van der Waals surface area contributed by atoms with Gasteiger partial charge in [0.1, 0.15) is 5.69 Å². The van der Waals surface area contributed by atoms with Crippen molar-refractivity contribution in [1.29, 1.82) is 0 Å². The van der Waals surface area contributed by atoms with Crippen LogP contribution in [0.4, 0.5) is 5.69 Å². The van der Waals surface area contributed by atoms with Gasteiger partial charge in [-0.1, -0.05) is 6.42 Å². The van der Waals surface area contributed by atoms with Crippen molar-refractivity contribution < 1.29 is 19.1 Å². The Morgan fingerprint density at radius 1 is 1.32 bits per heavy atom. The van der Waals surface area contributed by atoms with E-state index in [1.54, 1.807) is 0 Å². The van der Waals surface area contributed by atoms with Crippen molar-refractivity contribution in [3.05, 3.63) is 11.4 Å². The third-order valence-electron chi connectivity index (χ3n) is 3.40. The number of hydrogen-bond acceptors (Lipinski definition) is 6. The molecule has 0 saturated heterocycles. The fraction of sp³-hybridized carbons (Fsp3) is 0.583. The van der Waals surface area contributed by atoms with Crippen molar-refractivity contribution in [2.75, 3.05) is 20.0 Å². The number of nitrogens with two attached hydrogens (primary N) is 1. The molecule has 104 valence electrons. The molecule has 19 heavy (non-hydrogen) atoms. The second kappa shape index (κ2) is 5.29. The topological polar surface area (TPSA) is 96.4 Å². The number of methoxy groups -OCH3 is 2. The van der Waals surface area contributed by atoms with Gasteiger partial charge >= 0.3 is 11.9 Å². The monoisotopic (exact) mass is 267 g/mol. The lowest BCUT2D eigenvalue weighted by atomic mass is 9.85. The average Bonchev–Trinajstić information content (AvgIpc) is 2.69. The quantitative estimate of drug-likeness (QED) is 0.812. The first-order valence-electron chi connectivity index (χ1n) is 6.11. The Bertz CT molecular complexity index is 505. The molecule has 1 saturated carbocycles. The van der Waals surface area contributed by atoms with Crippen molar-refractivity contribution in [2.24, 2.45) is 5.92 Å². The average molecular weight is 267 g/mol. The minimum atomic E-state index is -0.657. The van der Waals surface area contributed by atoms with Crippen LogP contribution in [0, 0.1) is 5.92 Å². The summed E-state index contributed by atoms with van der Waals surface area (Å²) < 4.78 is 10.7. The van der Waals surface area contributed by atoms with E-state index in [0.717, 1.165) is 12.8 Å². The van der Waals surface area contributed by atoms with E-state index >= 15 is 0 Å². The van der Waals surface area contributed by atoms with Gasteiger partial charge < -0.3 is 15.2 Å². The first kappa shape index (κ1) is 13.4. The van der Waals surface area contributed by atoms with Gasteiger partial charge in [-0.25, -0.2) is 9.59 Å². The van der Waals surface area contributed by atoms with Crippen molar-refractivity contribution in [2.45, 2.75) is 25.8 Å². The van der Waals surface area contributed by atoms with Gasteiger partial charge in [-0.05, 0) is 18.8 Å². The predicted molar refractivity (Wildman–Crippen MR) is 66.7 cm³/mol. The van der Waals surface area contributed by atoms with E-state index in [-0.39, 0.29) is 17.1 Å². The molecular formula is C12H17N3O4. The molecule has 1 aliphatic rings. The van der Waals surface area contributed by atoms with Crippen molar-refractivity contribution in [1.82, 2.24) is 9.78 Å². The fourth-order valence-corrected chi connectivity index (χ4v) is 2.09. The van der Waals surface area contributed by atoms with Crippen LogP contribution in [0.25, 0.3) is 0 Å². The third kappa shape index (κ3) is 2.40. The predicted octanol–water partition coefficient (Wildman–Crippen LogP) is 0.839. The van der Waals surface area contributed by atoms with Crippen LogP contribution in [-0.4, -0.2) is 35.9 Å². The second-order valence-electron chi connectivity index (χ2n) is 4.57. The molecule has 1 fully saturated rings. The maximum atomic E-state index is 11.8. The number of esters is 2. The van der Waals surface area contributed by atoms with Gasteiger partial charge in [0.2, 0.25) is 0 Å². The lowest BCUT2D eigenvalue weighted by Crippen LogP contribution is -2.22. The summed E-state index contributed by atoms with van der Waals surface area (Å²) in [4.78, 5) is 23.3. The number of hydrogen-bond donors (Lipinski definition) is 1. The number of carbonyl (C=O) groups is 2. The summed E-state index contributed by atoms with van der Waals surface area (Å²) >= 11 is 0. The van der Waals surface area contributed by atoms with Gasteiger partial charge in [-0.15, -0.1) is 0 Å². The molecular weight excluding hydrogens is 250 g/mol. The number of carbonyl (C=O) groups excluding carboxylic acids is 2. The first-order valence-corrected chi connectivity index (χ1v) is 6.11. The summed E-state index contributed by atoms with van der Waals surface area (Å²) in [6.45, 7) is 0.561. The third-order valence-corrected chi connectivity index (χ3v) is 3.40. The number of ether oxygens (including phenoxy) is 2. The van der Waals surface area contributed by atoms with Crippen LogP contribution < -0.4 is 5.73 Å². The van der Waals surface area contributed by atoms with Gasteiger partial charge in [0.25, 0.3) is 0 Å². The zero-order chi connectivity index (χ0) is 14.0. The van der Waals surface area contributed by atoms with E-state index in [4.69, 9.17) is 5.73 Å². The molecule has 1 heterocycles. The van der Waals surface area contributed by atoms with Crippen LogP contribution in [0.1, 0.15) is 40.2 Å². The molecule has 0 amide bonds. The summed E-state index contributed by atoms with van der Waals surface area (Å²) in [6, 6.07) is 0. The van der Waals surface area contributed by atoms with E-state index in [9.17, 15) is 9.59 Å². The van der Waals surface area contributed by atoms with E-state index in [1.807, 2.05) is 0 Å². The van der Waals surface area contributed by atoms with Crippen LogP contribution in [0.5, 0.6) is 0 Å². The first-order chi connectivity index (χ1) is 9.08. The Hall–Kier alpha value is -2.05. The second-order valence-corrected chi connectivity index (χ2v) is 4.57. The lowest BCUT2D eigenvalue weighted by molar-refractivity contribution is 0.0577. The molecule has 0 aliphatic heterocycles. The Labute approximate surface area is 110 Å². The zero-order valence-corrected chi connectivity index (χ0v) is 11.0. The number of nitrogens with zero attached hydrogens (tertiary/aromatic N) is 2. The fourth-order valence-electron chi connectivity index (χ4n) is 2.09. The number of rotatable bonds is 4. The minimum Gasteiger partial charge on any atom is -0.464 e. The van der Waals surface area contributed by atoms with E-state index < -0.39 is 11.9 Å². The van der Waals surface area contributed by atoms with Gasteiger partial charge in [0, 0.05) is 6.54 Å². The van der Waals surface area contributed by atoms with Gasteiger partial charge in [-0.2, -0.15) is 5.10 Å². The van der Waals surface area contributed by atoms with Crippen molar-refractivity contribution in [3.8, 4) is 0 Å². The highest BCUT2D eigenvalue weighted by molar-refractivity contribution is 6.01. The summed E-state index contributed by atoms with van der Waals surface area (Å²) in [6.07, 6.45) is 3.36. The SMILES string of the molecule is COC(=O)c1nn(CC2CCC2)c(C(=O)OC)c1N. The van der Waals surface area contributed by atoms with E-state index in [2.05, 4.69) is 14.6 Å². The molecule has 1 aromatic heterocycles. The Morgan fingerprint density at radius 3 is 2.42 bits per heavy atom. The van der Waals surface area contributed by atoms with Crippen LogP contribution in [0.2, 0.25) is 0 Å². The Kier molecular flexibility index (Phi) is 3.73. The van der Waals surface area contributed by atoms with E-state index in [1.165, 1.54) is 25.3 Å². The molecule has 2 rings (SSSR count). The number of nitrogen functional groups attached to an aromatic ring is 1. The van der Waals surface area contributed by atoms with Gasteiger partial charge in [-0.3, -0.25) is 4.68 Å². The highest BCUT2D eigenvalue weighted by Gasteiger charge is 2.29. The van der Waals surface area contributed by atoms with Gasteiger partial charge in [0.05, 0.1) is 14.2 Å². The Balaban J connectivity index is 2.37.